The van der Waals surface area contributed by atoms with Crippen molar-refractivity contribution < 1.29 is 28.6 Å². The molecule has 1 unspecified atom stereocenters. The molecule has 0 aliphatic heterocycles. The van der Waals surface area contributed by atoms with E-state index in [1.165, 1.54) is 148 Å². The molecule has 0 saturated carbocycles. The second-order valence-electron chi connectivity index (χ2n) is 22.0. The first-order valence-electron chi connectivity index (χ1n) is 33.5. The Morgan fingerprint density at radius 3 is 0.787 bits per heavy atom. The van der Waals surface area contributed by atoms with Gasteiger partial charge in [0.1, 0.15) is 13.2 Å². The minimum atomic E-state index is -0.807. The summed E-state index contributed by atoms with van der Waals surface area (Å²) in [6.45, 7) is 6.41. The van der Waals surface area contributed by atoms with Gasteiger partial charge in [-0.3, -0.25) is 14.4 Å². The van der Waals surface area contributed by atoms with Gasteiger partial charge in [0, 0.05) is 19.3 Å². The fourth-order valence-corrected chi connectivity index (χ4v) is 9.26. The van der Waals surface area contributed by atoms with Crippen molar-refractivity contribution in [3.8, 4) is 0 Å². The molecule has 0 saturated heterocycles. The second-order valence-corrected chi connectivity index (χ2v) is 22.0. The lowest BCUT2D eigenvalue weighted by molar-refractivity contribution is -0.167. The fraction of sp³-hybridized carbons (Fsp3) is 0.689. The van der Waals surface area contributed by atoms with Crippen LogP contribution in [0, 0.1) is 0 Å². The van der Waals surface area contributed by atoms with Crippen molar-refractivity contribution in [2.24, 2.45) is 0 Å². The average Bonchev–Trinajstić information content (AvgIpc) is 3.46. The number of ether oxygens (including phenoxy) is 3. The first-order chi connectivity index (χ1) is 39.5. The normalized spacial score (nSPS) is 12.9. The molecule has 0 aromatic heterocycles. The van der Waals surface area contributed by atoms with Gasteiger partial charge >= 0.3 is 17.9 Å². The molecule has 456 valence electrons. The van der Waals surface area contributed by atoms with E-state index in [2.05, 4.69) is 142 Å². The van der Waals surface area contributed by atoms with Gasteiger partial charge in [-0.25, -0.2) is 0 Å². The summed E-state index contributed by atoms with van der Waals surface area (Å²) in [5.41, 5.74) is 0. The van der Waals surface area contributed by atoms with Crippen molar-refractivity contribution in [1.82, 2.24) is 0 Å². The molecule has 0 aromatic carbocycles. The van der Waals surface area contributed by atoms with E-state index in [-0.39, 0.29) is 37.5 Å². The third kappa shape index (κ3) is 64.6. The quantitative estimate of drug-likeness (QED) is 0.0261. The first-order valence-corrected chi connectivity index (χ1v) is 33.5. The molecule has 6 heteroatoms. The van der Waals surface area contributed by atoms with Crippen LogP contribution in [0.3, 0.4) is 0 Å². The number of carbonyl (C=O) groups is 3. The molecule has 0 heterocycles. The molecule has 80 heavy (non-hydrogen) atoms. The summed E-state index contributed by atoms with van der Waals surface area (Å²) in [5.74, 6) is -0.934. The van der Waals surface area contributed by atoms with Crippen LogP contribution in [0.5, 0.6) is 0 Å². The van der Waals surface area contributed by atoms with Gasteiger partial charge in [0.25, 0.3) is 0 Å². The summed E-state index contributed by atoms with van der Waals surface area (Å²) in [4.78, 5) is 38.4. The molecule has 6 nitrogen and oxygen atoms in total. The van der Waals surface area contributed by atoms with Crippen LogP contribution in [0.2, 0.25) is 0 Å². The van der Waals surface area contributed by atoms with Gasteiger partial charge in [-0.05, 0) is 109 Å². The molecular formula is C74H124O6. The Kier molecular flexibility index (Phi) is 63.8. The lowest BCUT2D eigenvalue weighted by Crippen LogP contribution is -2.30. The molecule has 0 amide bonds. The molecule has 1 atom stereocenters. The Hall–Kier alpha value is -4.19. The summed E-state index contributed by atoms with van der Waals surface area (Å²) in [5, 5.41) is 0. The van der Waals surface area contributed by atoms with Crippen molar-refractivity contribution in [2.45, 2.75) is 316 Å². The number of esters is 3. The van der Waals surface area contributed by atoms with E-state index in [1.807, 2.05) is 0 Å². The van der Waals surface area contributed by atoms with Crippen LogP contribution in [0.4, 0.5) is 0 Å². The molecule has 0 radical (unpaired) electrons. The highest BCUT2D eigenvalue weighted by atomic mass is 16.6. The lowest BCUT2D eigenvalue weighted by atomic mass is 10.0. The summed E-state index contributed by atoms with van der Waals surface area (Å²) in [6.07, 6.45) is 93.5. The van der Waals surface area contributed by atoms with Crippen molar-refractivity contribution in [3.05, 3.63) is 122 Å². The Labute approximate surface area is 494 Å². The number of unbranched alkanes of at least 4 members (excludes halogenated alkanes) is 29. The molecular weight excluding hydrogens is 985 g/mol. The van der Waals surface area contributed by atoms with Gasteiger partial charge < -0.3 is 14.2 Å². The summed E-state index contributed by atoms with van der Waals surface area (Å²) < 4.78 is 16.9. The summed E-state index contributed by atoms with van der Waals surface area (Å²) in [7, 11) is 0. The van der Waals surface area contributed by atoms with Crippen LogP contribution in [0.15, 0.2) is 122 Å². The molecule has 0 N–H and O–H groups in total. The van der Waals surface area contributed by atoms with Crippen LogP contribution < -0.4 is 0 Å². The van der Waals surface area contributed by atoms with Crippen molar-refractivity contribution >= 4 is 17.9 Å². The van der Waals surface area contributed by atoms with E-state index < -0.39 is 6.10 Å². The van der Waals surface area contributed by atoms with E-state index in [1.54, 1.807) is 0 Å². The zero-order valence-electron chi connectivity index (χ0n) is 52.3. The van der Waals surface area contributed by atoms with E-state index in [0.29, 0.717) is 19.3 Å². The van der Waals surface area contributed by atoms with Crippen LogP contribution in [-0.4, -0.2) is 37.2 Å². The van der Waals surface area contributed by atoms with Gasteiger partial charge in [0.05, 0.1) is 0 Å². The Bertz CT molecular complexity index is 1650. The molecule has 0 fully saturated rings. The van der Waals surface area contributed by atoms with Crippen LogP contribution >= 0.6 is 0 Å². The predicted octanol–water partition coefficient (Wildman–Crippen LogP) is 23.2. The summed E-state index contributed by atoms with van der Waals surface area (Å²) in [6, 6.07) is 0. The van der Waals surface area contributed by atoms with Gasteiger partial charge in [0.2, 0.25) is 0 Å². The minimum Gasteiger partial charge on any atom is -0.462 e. The number of rotatable bonds is 60. The topological polar surface area (TPSA) is 78.9 Å². The predicted molar refractivity (Wildman–Crippen MR) is 348 cm³/mol. The number of allylic oxidation sites excluding steroid dienone is 20. The molecule has 0 spiro atoms. The molecule has 0 bridgehead atoms. The molecule has 0 aliphatic rings. The van der Waals surface area contributed by atoms with E-state index >= 15 is 0 Å². The molecule has 0 aliphatic carbocycles. The van der Waals surface area contributed by atoms with Gasteiger partial charge in [-0.15, -0.1) is 0 Å². The lowest BCUT2D eigenvalue weighted by Gasteiger charge is -2.18. The van der Waals surface area contributed by atoms with E-state index in [0.717, 1.165) is 116 Å². The Morgan fingerprint density at radius 1 is 0.263 bits per heavy atom. The van der Waals surface area contributed by atoms with E-state index in [9.17, 15) is 14.4 Å². The highest BCUT2D eigenvalue weighted by Crippen LogP contribution is 2.17. The fourth-order valence-electron chi connectivity index (χ4n) is 9.26. The molecule has 0 rings (SSSR count). The van der Waals surface area contributed by atoms with Crippen molar-refractivity contribution in [2.75, 3.05) is 13.2 Å². The minimum absolute atomic E-state index is 0.0965. The largest absolute Gasteiger partial charge is 0.462 e. The maximum atomic E-state index is 12.9. The maximum Gasteiger partial charge on any atom is 0.306 e. The van der Waals surface area contributed by atoms with Crippen molar-refractivity contribution in [3.63, 3.8) is 0 Å². The average molecular weight is 1110 g/mol. The highest BCUT2D eigenvalue weighted by molar-refractivity contribution is 5.71. The first kappa shape index (κ1) is 75.8. The third-order valence-electron chi connectivity index (χ3n) is 14.2. The zero-order chi connectivity index (χ0) is 57.8. The third-order valence-corrected chi connectivity index (χ3v) is 14.2. The smallest absolute Gasteiger partial charge is 0.306 e. The number of hydrogen-bond acceptors (Lipinski definition) is 6. The number of carbonyl (C=O) groups excluding carboxylic acids is 3. The van der Waals surface area contributed by atoms with E-state index in [4.69, 9.17) is 14.2 Å². The van der Waals surface area contributed by atoms with Gasteiger partial charge in [-0.2, -0.15) is 0 Å². The second kappa shape index (κ2) is 67.3. The standard InChI is InChI=1S/C74H124O6/c1-4-7-10-13-16-19-22-25-28-31-34-36-37-39-40-43-46-49-52-55-58-61-64-67-73(76)79-70-71(69-78-72(75)66-63-60-57-54-51-48-45-42-33-30-27-24-21-18-15-12-9-6-3)80-74(77)68-65-62-59-56-53-50-47-44-41-38-35-32-29-26-23-20-17-14-11-8-5-2/h7-8,10-11,16-17,19-20,25-26,28-29,34-36,38,44,47,53,56,71H,4-6,9,12-15,18,21-24,27,30-33,37,39-43,45-46,48-52,54-55,57-70H2,1-3H3/b10-7-,11-8-,19-16-,20-17-,28-25-,29-26-,36-34-,38-35-,47-44-,56-53-. The number of hydrogen-bond donors (Lipinski definition) is 0. The SMILES string of the molecule is CC/C=C\C/C=C\C/C=C\C/C=C\C/C=C\C/C=C\CCCCC(=O)OC(COC(=O)CCCCCCCCCCCC/C=C\C/C=C\C/C=C\C/C=C\CC)COC(=O)CCCCCCCCCCCCCCCCCCCC. The zero-order valence-corrected chi connectivity index (χ0v) is 52.3. The van der Waals surface area contributed by atoms with Gasteiger partial charge in [0.15, 0.2) is 6.10 Å². The van der Waals surface area contributed by atoms with Crippen LogP contribution in [0.1, 0.15) is 310 Å². The Balaban J connectivity index is 4.46. The van der Waals surface area contributed by atoms with Crippen LogP contribution in [-0.2, 0) is 28.6 Å². The molecule has 0 aromatic rings. The van der Waals surface area contributed by atoms with Gasteiger partial charge in [-0.1, -0.05) is 303 Å². The maximum absolute atomic E-state index is 12.9. The van der Waals surface area contributed by atoms with Crippen LogP contribution in [0.25, 0.3) is 0 Å². The highest BCUT2D eigenvalue weighted by Gasteiger charge is 2.19. The van der Waals surface area contributed by atoms with Crippen molar-refractivity contribution in [1.29, 1.82) is 0 Å². The monoisotopic (exact) mass is 1110 g/mol. The summed E-state index contributed by atoms with van der Waals surface area (Å²) >= 11 is 0. The Morgan fingerprint density at radius 2 is 0.487 bits per heavy atom.